The molecule has 0 atom stereocenters. The van der Waals surface area contributed by atoms with E-state index in [2.05, 4.69) is 24.0 Å². The summed E-state index contributed by atoms with van der Waals surface area (Å²) in [6.07, 6.45) is 1.80. The normalized spacial score (nSPS) is 11.0. The summed E-state index contributed by atoms with van der Waals surface area (Å²) >= 11 is 0. The lowest BCUT2D eigenvalue weighted by atomic mass is 10.1. The second-order valence-electron chi connectivity index (χ2n) is 4.57. The molecular weight excluding hydrogens is 244 g/mol. The van der Waals surface area contributed by atoms with Crippen LogP contribution in [0.15, 0.2) is 0 Å². The van der Waals surface area contributed by atoms with Crippen LogP contribution in [0.25, 0.3) is 0 Å². The highest BCUT2D eigenvalue weighted by atomic mass is 16.5. The summed E-state index contributed by atoms with van der Waals surface area (Å²) in [5.74, 6) is -0.132. The molecule has 0 radical (unpaired) electrons. The molecule has 3 N–H and O–H groups in total. The maximum Gasteiger partial charge on any atom is 0.276 e. The quantitative estimate of drug-likeness (QED) is 0.786. The molecule has 1 amide bonds. The second-order valence-corrected chi connectivity index (χ2v) is 4.57. The third kappa shape index (κ3) is 3.47. The first-order valence-electron chi connectivity index (χ1n) is 6.67. The molecular formula is C13H24N4O2. The molecule has 19 heavy (non-hydrogen) atoms. The summed E-state index contributed by atoms with van der Waals surface area (Å²) in [6, 6.07) is 0.180. The van der Waals surface area contributed by atoms with Crippen LogP contribution in [-0.4, -0.2) is 47.3 Å². The predicted octanol–water partition coefficient (Wildman–Crippen LogP) is 1.58. The zero-order chi connectivity index (χ0) is 14.4. The third-order valence-electron chi connectivity index (χ3n) is 3.38. The highest BCUT2D eigenvalue weighted by Crippen LogP contribution is 2.18. The fourth-order valence-corrected chi connectivity index (χ4v) is 2.11. The van der Waals surface area contributed by atoms with Gasteiger partial charge >= 0.3 is 0 Å². The summed E-state index contributed by atoms with van der Waals surface area (Å²) in [4.78, 5) is 14.4. The Labute approximate surface area is 114 Å². The van der Waals surface area contributed by atoms with Gasteiger partial charge in [0, 0.05) is 19.7 Å². The van der Waals surface area contributed by atoms with Crippen molar-refractivity contribution < 1.29 is 9.53 Å². The minimum Gasteiger partial charge on any atom is -0.395 e. The molecule has 1 rings (SSSR count). The van der Waals surface area contributed by atoms with E-state index in [1.165, 1.54) is 0 Å². The van der Waals surface area contributed by atoms with E-state index in [9.17, 15) is 4.79 Å². The van der Waals surface area contributed by atoms with Crippen molar-refractivity contribution in [1.29, 1.82) is 0 Å². The number of methoxy groups -OCH3 is 1. The Morgan fingerprint density at radius 1 is 1.47 bits per heavy atom. The number of aryl methyl sites for hydroxylation is 1. The van der Waals surface area contributed by atoms with E-state index in [0.717, 1.165) is 18.5 Å². The van der Waals surface area contributed by atoms with Crippen molar-refractivity contribution >= 4 is 11.6 Å². The van der Waals surface area contributed by atoms with Crippen LogP contribution >= 0.6 is 0 Å². The number of aromatic amines is 1. The minimum absolute atomic E-state index is 0.132. The smallest absolute Gasteiger partial charge is 0.276 e. The van der Waals surface area contributed by atoms with Gasteiger partial charge in [-0.05, 0) is 19.8 Å². The number of nitrogens with zero attached hydrogens (tertiary/aromatic N) is 2. The van der Waals surface area contributed by atoms with Gasteiger partial charge < -0.3 is 15.4 Å². The number of aromatic nitrogens is 2. The van der Waals surface area contributed by atoms with Gasteiger partial charge in [-0.25, -0.2) is 0 Å². The SMILES string of the molecule is CCC(CC)N(CCOC)C(=O)c1n[nH]c(C)c1N. The number of ether oxygens (including phenoxy) is 1. The van der Waals surface area contributed by atoms with Gasteiger partial charge in [-0.3, -0.25) is 9.89 Å². The van der Waals surface area contributed by atoms with Crippen LogP contribution in [-0.2, 0) is 4.74 Å². The van der Waals surface area contributed by atoms with Gasteiger partial charge in [-0.15, -0.1) is 0 Å². The van der Waals surface area contributed by atoms with Crippen LogP contribution in [0.1, 0.15) is 42.9 Å². The fraction of sp³-hybridized carbons (Fsp3) is 0.692. The van der Waals surface area contributed by atoms with E-state index < -0.39 is 0 Å². The lowest BCUT2D eigenvalue weighted by molar-refractivity contribution is 0.0584. The van der Waals surface area contributed by atoms with Crippen molar-refractivity contribution in [3.8, 4) is 0 Å². The van der Waals surface area contributed by atoms with Crippen molar-refractivity contribution in [1.82, 2.24) is 15.1 Å². The molecule has 0 saturated carbocycles. The van der Waals surface area contributed by atoms with E-state index in [-0.39, 0.29) is 11.9 Å². The molecule has 0 aromatic carbocycles. The molecule has 0 unspecified atom stereocenters. The van der Waals surface area contributed by atoms with Crippen LogP contribution in [0.2, 0.25) is 0 Å². The average Bonchev–Trinajstić information content (AvgIpc) is 2.74. The Kier molecular flexibility index (Phi) is 5.82. The van der Waals surface area contributed by atoms with Gasteiger partial charge in [-0.2, -0.15) is 5.10 Å². The van der Waals surface area contributed by atoms with Crippen molar-refractivity contribution in [2.45, 2.75) is 39.7 Å². The number of carbonyl (C=O) groups is 1. The lowest BCUT2D eigenvalue weighted by Crippen LogP contribution is -2.42. The van der Waals surface area contributed by atoms with Crippen LogP contribution < -0.4 is 5.73 Å². The zero-order valence-electron chi connectivity index (χ0n) is 12.2. The molecule has 1 aromatic rings. The summed E-state index contributed by atoms with van der Waals surface area (Å²) in [7, 11) is 1.63. The van der Waals surface area contributed by atoms with Crippen molar-refractivity contribution in [3.63, 3.8) is 0 Å². The number of H-pyrrole nitrogens is 1. The standard InChI is InChI=1S/C13H24N4O2/c1-5-10(6-2)17(7-8-19-4)13(18)12-11(14)9(3)15-16-12/h10H,5-8,14H2,1-4H3,(H,15,16). The van der Waals surface area contributed by atoms with Crippen LogP contribution in [0.3, 0.4) is 0 Å². The van der Waals surface area contributed by atoms with E-state index in [1.54, 1.807) is 18.9 Å². The lowest BCUT2D eigenvalue weighted by Gasteiger charge is -2.29. The zero-order valence-corrected chi connectivity index (χ0v) is 12.2. The number of amides is 1. The number of hydrogen-bond donors (Lipinski definition) is 2. The molecule has 1 aromatic heterocycles. The largest absolute Gasteiger partial charge is 0.395 e. The minimum atomic E-state index is -0.132. The van der Waals surface area contributed by atoms with Crippen molar-refractivity contribution in [3.05, 3.63) is 11.4 Å². The third-order valence-corrected chi connectivity index (χ3v) is 3.38. The predicted molar refractivity (Wildman–Crippen MR) is 75.0 cm³/mol. The average molecular weight is 268 g/mol. The topological polar surface area (TPSA) is 84.2 Å². The molecule has 6 nitrogen and oxygen atoms in total. The first kappa shape index (κ1) is 15.5. The Hall–Kier alpha value is -1.56. The number of nitrogens with one attached hydrogen (secondary N) is 1. The van der Waals surface area contributed by atoms with Crippen LogP contribution in [0.5, 0.6) is 0 Å². The molecule has 0 aliphatic heterocycles. The highest BCUT2D eigenvalue weighted by molar-refractivity contribution is 5.97. The van der Waals surface area contributed by atoms with Gasteiger partial charge in [0.05, 0.1) is 18.0 Å². The summed E-state index contributed by atoms with van der Waals surface area (Å²) in [5.41, 5.74) is 7.34. The number of rotatable bonds is 7. The maximum absolute atomic E-state index is 12.6. The van der Waals surface area contributed by atoms with E-state index in [0.29, 0.717) is 24.5 Å². The first-order chi connectivity index (χ1) is 9.06. The first-order valence-corrected chi connectivity index (χ1v) is 6.67. The molecule has 0 spiro atoms. The molecule has 0 fully saturated rings. The second kappa shape index (κ2) is 7.13. The Morgan fingerprint density at radius 3 is 2.53 bits per heavy atom. The number of carbonyl (C=O) groups excluding carboxylic acids is 1. The summed E-state index contributed by atoms with van der Waals surface area (Å²) in [6.45, 7) is 7.00. The Morgan fingerprint density at radius 2 is 2.11 bits per heavy atom. The number of anilines is 1. The monoisotopic (exact) mass is 268 g/mol. The Bertz CT molecular complexity index is 413. The Balaban J connectivity index is 2.96. The molecule has 0 bridgehead atoms. The molecule has 6 heteroatoms. The van der Waals surface area contributed by atoms with Gasteiger partial charge in [0.15, 0.2) is 5.69 Å². The highest BCUT2D eigenvalue weighted by Gasteiger charge is 2.26. The number of nitrogens with two attached hydrogens (primary N) is 1. The van der Waals surface area contributed by atoms with E-state index in [4.69, 9.17) is 10.5 Å². The van der Waals surface area contributed by atoms with E-state index in [1.807, 2.05) is 0 Å². The molecule has 1 heterocycles. The van der Waals surface area contributed by atoms with Crippen molar-refractivity contribution in [2.24, 2.45) is 0 Å². The molecule has 0 aliphatic rings. The summed E-state index contributed by atoms with van der Waals surface area (Å²) in [5, 5.41) is 6.76. The molecule has 0 aliphatic carbocycles. The maximum atomic E-state index is 12.6. The van der Waals surface area contributed by atoms with Crippen molar-refractivity contribution in [2.75, 3.05) is 26.0 Å². The van der Waals surface area contributed by atoms with Crippen LogP contribution in [0.4, 0.5) is 5.69 Å². The molecule has 108 valence electrons. The summed E-state index contributed by atoms with van der Waals surface area (Å²) < 4.78 is 5.08. The van der Waals surface area contributed by atoms with Gasteiger partial charge in [0.1, 0.15) is 0 Å². The fourth-order valence-electron chi connectivity index (χ4n) is 2.11. The van der Waals surface area contributed by atoms with E-state index >= 15 is 0 Å². The van der Waals surface area contributed by atoms with Crippen LogP contribution in [0, 0.1) is 6.92 Å². The van der Waals surface area contributed by atoms with Gasteiger partial charge in [0.2, 0.25) is 0 Å². The number of hydrogen-bond acceptors (Lipinski definition) is 4. The molecule has 0 saturated heterocycles. The number of nitrogen functional groups attached to an aromatic ring is 1. The van der Waals surface area contributed by atoms with Gasteiger partial charge in [-0.1, -0.05) is 13.8 Å². The van der Waals surface area contributed by atoms with Gasteiger partial charge in [0.25, 0.3) is 5.91 Å².